The first-order valence-electron chi connectivity index (χ1n) is 7.34. The van der Waals surface area contributed by atoms with Crippen molar-refractivity contribution in [3.8, 4) is 0 Å². The molecular formula is C16H20N2O3. The molecule has 5 heteroatoms. The largest absolute Gasteiger partial charge is 0.465 e. The lowest BCUT2D eigenvalue weighted by molar-refractivity contribution is -0.120. The van der Waals surface area contributed by atoms with Crippen LogP contribution in [0.3, 0.4) is 0 Å². The predicted molar refractivity (Wildman–Crippen MR) is 79.2 cm³/mol. The smallest absolute Gasteiger partial charge is 0.337 e. The third-order valence-electron chi connectivity index (χ3n) is 4.54. The monoisotopic (exact) mass is 288 g/mol. The second-order valence-corrected chi connectivity index (χ2v) is 5.90. The van der Waals surface area contributed by atoms with Gasteiger partial charge in [-0.15, -0.1) is 0 Å². The van der Waals surface area contributed by atoms with Crippen molar-refractivity contribution in [2.45, 2.75) is 38.3 Å². The number of esters is 1. The van der Waals surface area contributed by atoms with E-state index in [0.29, 0.717) is 17.6 Å². The van der Waals surface area contributed by atoms with E-state index >= 15 is 0 Å². The van der Waals surface area contributed by atoms with Crippen molar-refractivity contribution >= 4 is 17.6 Å². The predicted octanol–water partition coefficient (Wildman–Crippen LogP) is 1.86. The summed E-state index contributed by atoms with van der Waals surface area (Å²) in [6, 6.07) is 6.01. The maximum Gasteiger partial charge on any atom is 0.337 e. The van der Waals surface area contributed by atoms with Crippen LogP contribution in [0.25, 0.3) is 0 Å². The van der Waals surface area contributed by atoms with Gasteiger partial charge in [0.1, 0.15) is 0 Å². The number of amides is 1. The topological polar surface area (TPSA) is 67.4 Å². The number of hydrogen-bond acceptors (Lipinski definition) is 4. The van der Waals surface area contributed by atoms with Gasteiger partial charge >= 0.3 is 5.97 Å². The van der Waals surface area contributed by atoms with E-state index in [9.17, 15) is 9.59 Å². The minimum atomic E-state index is -0.367. The zero-order chi connectivity index (χ0) is 15.0. The molecule has 0 spiro atoms. The van der Waals surface area contributed by atoms with Crippen LogP contribution in [0.2, 0.25) is 0 Å². The number of benzene rings is 1. The number of fused-ring (bicyclic) bond motifs is 2. The number of nitrogens with one attached hydrogen (secondary N) is 2. The van der Waals surface area contributed by atoms with Crippen molar-refractivity contribution < 1.29 is 14.3 Å². The van der Waals surface area contributed by atoms with E-state index in [2.05, 4.69) is 10.6 Å². The molecule has 21 heavy (non-hydrogen) atoms. The molecule has 0 aliphatic carbocycles. The number of hydrogen-bond donors (Lipinski definition) is 2. The Bertz CT molecular complexity index is 585. The molecule has 0 radical (unpaired) electrons. The highest BCUT2D eigenvalue weighted by Gasteiger charge is 2.42. The molecule has 2 fully saturated rings. The van der Waals surface area contributed by atoms with Gasteiger partial charge in [-0.05, 0) is 49.9 Å². The average molecular weight is 288 g/mol. The summed E-state index contributed by atoms with van der Waals surface area (Å²) >= 11 is 0. The van der Waals surface area contributed by atoms with E-state index in [-0.39, 0.29) is 17.8 Å². The summed E-state index contributed by atoms with van der Waals surface area (Å²) in [6.45, 7) is 1.88. The van der Waals surface area contributed by atoms with Gasteiger partial charge in [-0.1, -0.05) is 0 Å². The second-order valence-electron chi connectivity index (χ2n) is 5.90. The van der Waals surface area contributed by atoms with E-state index in [1.165, 1.54) is 13.5 Å². The van der Waals surface area contributed by atoms with E-state index in [1.54, 1.807) is 18.2 Å². The van der Waals surface area contributed by atoms with E-state index in [4.69, 9.17) is 4.74 Å². The SMILES string of the molecule is COC(=O)c1ccc(NC(=O)C2CC3CCC2N3)c(C)c1. The van der Waals surface area contributed by atoms with Gasteiger partial charge in [-0.25, -0.2) is 4.79 Å². The number of ether oxygens (including phenoxy) is 1. The van der Waals surface area contributed by atoms with Gasteiger partial charge in [0.2, 0.25) is 5.91 Å². The summed E-state index contributed by atoms with van der Waals surface area (Å²) in [5.74, 6) is -0.236. The van der Waals surface area contributed by atoms with Crippen molar-refractivity contribution in [1.82, 2.24) is 5.32 Å². The van der Waals surface area contributed by atoms with E-state index in [0.717, 1.165) is 24.1 Å². The Morgan fingerprint density at radius 3 is 2.71 bits per heavy atom. The highest BCUT2D eigenvalue weighted by Crippen LogP contribution is 2.34. The fourth-order valence-electron chi connectivity index (χ4n) is 3.39. The number of methoxy groups -OCH3 is 1. The molecule has 2 aliphatic rings. The maximum atomic E-state index is 12.4. The molecule has 0 aromatic heterocycles. The van der Waals surface area contributed by atoms with Crippen LogP contribution in [-0.4, -0.2) is 31.1 Å². The highest BCUT2D eigenvalue weighted by atomic mass is 16.5. The number of carbonyl (C=O) groups is 2. The highest BCUT2D eigenvalue weighted by molar-refractivity contribution is 5.95. The van der Waals surface area contributed by atoms with E-state index < -0.39 is 0 Å². The summed E-state index contributed by atoms with van der Waals surface area (Å²) in [6.07, 6.45) is 3.19. The molecule has 112 valence electrons. The third-order valence-corrected chi connectivity index (χ3v) is 4.54. The Balaban J connectivity index is 1.70. The quantitative estimate of drug-likeness (QED) is 0.833. The van der Waals surface area contributed by atoms with Gasteiger partial charge in [-0.2, -0.15) is 0 Å². The van der Waals surface area contributed by atoms with Crippen LogP contribution >= 0.6 is 0 Å². The molecule has 2 heterocycles. The maximum absolute atomic E-state index is 12.4. The molecular weight excluding hydrogens is 268 g/mol. The molecule has 2 N–H and O–H groups in total. The van der Waals surface area contributed by atoms with Crippen molar-refractivity contribution in [2.24, 2.45) is 5.92 Å². The Kier molecular flexibility index (Phi) is 3.68. The number of carbonyl (C=O) groups excluding carboxylic acids is 2. The van der Waals surface area contributed by atoms with Crippen LogP contribution in [0.1, 0.15) is 35.2 Å². The van der Waals surface area contributed by atoms with Gasteiger partial charge in [-0.3, -0.25) is 4.79 Å². The fourth-order valence-corrected chi connectivity index (χ4v) is 3.39. The minimum Gasteiger partial charge on any atom is -0.465 e. The molecule has 1 amide bonds. The summed E-state index contributed by atoms with van der Waals surface area (Å²) in [5, 5.41) is 6.46. The first kappa shape index (κ1) is 14.1. The lowest BCUT2D eigenvalue weighted by Gasteiger charge is -2.20. The van der Waals surface area contributed by atoms with Crippen LogP contribution in [0.15, 0.2) is 18.2 Å². The molecule has 2 bridgehead atoms. The van der Waals surface area contributed by atoms with Crippen LogP contribution in [0.4, 0.5) is 5.69 Å². The van der Waals surface area contributed by atoms with Gasteiger partial charge in [0.15, 0.2) is 0 Å². The molecule has 1 aromatic rings. The zero-order valence-corrected chi connectivity index (χ0v) is 12.3. The van der Waals surface area contributed by atoms with Crippen LogP contribution in [-0.2, 0) is 9.53 Å². The van der Waals surface area contributed by atoms with Gasteiger partial charge < -0.3 is 15.4 Å². The summed E-state index contributed by atoms with van der Waals surface area (Å²) in [5.41, 5.74) is 2.12. The normalized spacial score (nSPS) is 26.7. The Morgan fingerprint density at radius 1 is 1.33 bits per heavy atom. The summed E-state index contributed by atoms with van der Waals surface area (Å²) in [7, 11) is 1.36. The molecule has 1 aromatic carbocycles. The number of anilines is 1. The Morgan fingerprint density at radius 2 is 2.14 bits per heavy atom. The van der Waals surface area contributed by atoms with Crippen molar-refractivity contribution in [1.29, 1.82) is 0 Å². The first-order valence-corrected chi connectivity index (χ1v) is 7.34. The lowest BCUT2D eigenvalue weighted by Crippen LogP contribution is -2.33. The standard InChI is InChI=1S/C16H20N2O3/c1-9-7-10(16(20)21-2)3-5-13(9)18-15(19)12-8-11-4-6-14(12)17-11/h3,5,7,11-12,14,17H,4,6,8H2,1-2H3,(H,18,19). The molecule has 2 saturated heterocycles. The Labute approximate surface area is 124 Å². The molecule has 3 unspecified atom stereocenters. The van der Waals surface area contributed by atoms with Crippen LogP contribution in [0.5, 0.6) is 0 Å². The zero-order valence-electron chi connectivity index (χ0n) is 12.3. The van der Waals surface area contributed by atoms with E-state index in [1.807, 2.05) is 6.92 Å². The Hall–Kier alpha value is -1.88. The molecule has 3 atom stereocenters. The summed E-state index contributed by atoms with van der Waals surface area (Å²) in [4.78, 5) is 23.9. The van der Waals surface area contributed by atoms with Crippen LogP contribution < -0.4 is 10.6 Å². The average Bonchev–Trinajstić information content (AvgIpc) is 3.11. The number of rotatable bonds is 3. The van der Waals surface area contributed by atoms with Crippen LogP contribution in [0, 0.1) is 12.8 Å². The minimum absolute atomic E-state index is 0.0587. The third kappa shape index (κ3) is 2.65. The van der Waals surface area contributed by atoms with Gasteiger partial charge in [0, 0.05) is 17.8 Å². The first-order chi connectivity index (χ1) is 10.1. The molecule has 2 aliphatic heterocycles. The van der Waals surface area contributed by atoms with Crippen molar-refractivity contribution in [2.75, 3.05) is 12.4 Å². The van der Waals surface area contributed by atoms with Gasteiger partial charge in [0.05, 0.1) is 18.6 Å². The van der Waals surface area contributed by atoms with Crippen molar-refractivity contribution in [3.05, 3.63) is 29.3 Å². The lowest BCUT2D eigenvalue weighted by atomic mass is 9.88. The van der Waals surface area contributed by atoms with Crippen molar-refractivity contribution in [3.63, 3.8) is 0 Å². The van der Waals surface area contributed by atoms with Gasteiger partial charge in [0.25, 0.3) is 0 Å². The molecule has 3 rings (SSSR count). The number of aryl methyl sites for hydroxylation is 1. The second kappa shape index (κ2) is 5.48. The summed E-state index contributed by atoms with van der Waals surface area (Å²) < 4.78 is 4.69. The molecule has 5 nitrogen and oxygen atoms in total. The molecule has 0 saturated carbocycles. The fraction of sp³-hybridized carbons (Fsp3) is 0.500.